The number of ether oxygens (including phenoxy) is 2. The van der Waals surface area contributed by atoms with Crippen LogP contribution in [-0.4, -0.2) is 18.8 Å². The van der Waals surface area contributed by atoms with Crippen LogP contribution in [0.2, 0.25) is 0 Å². The number of para-hydroxylation sites is 1. The molecule has 0 radical (unpaired) electrons. The van der Waals surface area contributed by atoms with Gasteiger partial charge in [-0.3, -0.25) is 0 Å². The molecule has 5 heteroatoms. The lowest BCUT2D eigenvalue weighted by Crippen LogP contribution is -2.04. The summed E-state index contributed by atoms with van der Waals surface area (Å²) >= 11 is 0. The number of aliphatic hydroxyl groups is 1. The Morgan fingerprint density at radius 1 is 1.00 bits per heavy atom. The van der Waals surface area contributed by atoms with E-state index in [1.54, 1.807) is 24.3 Å². The van der Waals surface area contributed by atoms with Crippen LogP contribution in [0.15, 0.2) is 48.5 Å². The van der Waals surface area contributed by atoms with Gasteiger partial charge in [-0.15, -0.1) is 0 Å². The van der Waals surface area contributed by atoms with Crippen LogP contribution in [0.3, 0.4) is 0 Å². The van der Waals surface area contributed by atoms with Gasteiger partial charge in [0.2, 0.25) is 0 Å². The van der Waals surface area contributed by atoms with E-state index in [4.69, 9.17) is 4.74 Å². The minimum atomic E-state index is -2.86. The Kier molecular flexibility index (Phi) is 4.53. The van der Waals surface area contributed by atoms with Crippen molar-refractivity contribution in [2.45, 2.75) is 12.7 Å². The monoisotopic (exact) mass is 280 g/mol. The van der Waals surface area contributed by atoms with Crippen LogP contribution in [0, 0.1) is 0 Å². The lowest BCUT2D eigenvalue weighted by atomic mass is 10.0. The number of methoxy groups -OCH3 is 1. The summed E-state index contributed by atoms with van der Waals surface area (Å²) in [5, 5.41) is 10.3. The van der Waals surface area contributed by atoms with Gasteiger partial charge >= 0.3 is 6.61 Å². The van der Waals surface area contributed by atoms with E-state index in [0.29, 0.717) is 16.9 Å². The second-order valence-electron chi connectivity index (χ2n) is 4.09. The number of benzene rings is 2. The van der Waals surface area contributed by atoms with Crippen molar-refractivity contribution in [1.82, 2.24) is 0 Å². The molecular weight excluding hydrogens is 266 g/mol. The third-order valence-corrected chi connectivity index (χ3v) is 2.85. The number of aliphatic hydroxyl groups excluding tert-OH is 1. The molecule has 0 aliphatic rings. The highest BCUT2D eigenvalue weighted by atomic mass is 19.3. The number of alkyl halides is 2. The predicted octanol–water partition coefficient (Wildman–Crippen LogP) is 3.38. The summed E-state index contributed by atoms with van der Waals surface area (Å²) in [6.45, 7) is -2.86. The van der Waals surface area contributed by atoms with E-state index in [-0.39, 0.29) is 5.75 Å². The maximum absolute atomic E-state index is 12.1. The van der Waals surface area contributed by atoms with Crippen LogP contribution in [-0.2, 0) is 0 Å². The molecule has 0 aliphatic carbocycles. The van der Waals surface area contributed by atoms with Crippen LogP contribution < -0.4 is 9.47 Å². The molecule has 1 atom stereocenters. The first kappa shape index (κ1) is 14.3. The summed E-state index contributed by atoms with van der Waals surface area (Å²) in [4.78, 5) is 0. The average molecular weight is 280 g/mol. The van der Waals surface area contributed by atoms with Gasteiger partial charge in [-0.05, 0) is 23.8 Å². The first-order valence-corrected chi connectivity index (χ1v) is 5.97. The Balaban J connectivity index is 2.22. The quantitative estimate of drug-likeness (QED) is 0.912. The molecule has 0 aliphatic heterocycles. The smallest absolute Gasteiger partial charge is 0.387 e. The maximum Gasteiger partial charge on any atom is 0.387 e. The van der Waals surface area contributed by atoms with Gasteiger partial charge < -0.3 is 14.6 Å². The zero-order valence-electron chi connectivity index (χ0n) is 10.8. The molecule has 20 heavy (non-hydrogen) atoms. The Morgan fingerprint density at radius 3 is 2.25 bits per heavy atom. The molecule has 2 aromatic rings. The predicted molar refractivity (Wildman–Crippen MR) is 70.1 cm³/mol. The largest absolute Gasteiger partial charge is 0.496 e. The summed E-state index contributed by atoms with van der Waals surface area (Å²) in [6.07, 6.45) is -0.897. The zero-order chi connectivity index (χ0) is 14.5. The Bertz CT molecular complexity index is 555. The highest BCUT2D eigenvalue weighted by molar-refractivity contribution is 5.41. The van der Waals surface area contributed by atoms with Gasteiger partial charge in [0.05, 0.1) is 7.11 Å². The molecule has 0 amide bonds. The standard InChI is InChI=1S/C15H14F2O3/c1-19-13-5-3-2-4-12(13)14(18)10-6-8-11(9-7-10)20-15(16)17/h2-9,14-15,18H,1H3. The van der Waals surface area contributed by atoms with E-state index in [1.165, 1.54) is 31.4 Å². The second-order valence-corrected chi connectivity index (χ2v) is 4.09. The van der Waals surface area contributed by atoms with E-state index in [1.807, 2.05) is 0 Å². The molecule has 1 unspecified atom stereocenters. The van der Waals surface area contributed by atoms with Crippen molar-refractivity contribution < 1.29 is 23.4 Å². The van der Waals surface area contributed by atoms with Crippen LogP contribution in [0.5, 0.6) is 11.5 Å². The molecule has 0 bridgehead atoms. The molecular formula is C15H14F2O3. The summed E-state index contributed by atoms with van der Waals surface area (Å²) in [7, 11) is 1.52. The van der Waals surface area contributed by atoms with E-state index < -0.39 is 12.7 Å². The van der Waals surface area contributed by atoms with Crippen LogP contribution in [0.25, 0.3) is 0 Å². The molecule has 106 valence electrons. The van der Waals surface area contributed by atoms with Crippen molar-refractivity contribution in [2.24, 2.45) is 0 Å². The summed E-state index contributed by atoms with van der Waals surface area (Å²) in [5.74, 6) is 0.615. The minimum Gasteiger partial charge on any atom is -0.496 e. The van der Waals surface area contributed by atoms with Crippen molar-refractivity contribution in [3.05, 3.63) is 59.7 Å². The average Bonchev–Trinajstić information content (AvgIpc) is 2.46. The van der Waals surface area contributed by atoms with Gasteiger partial charge in [-0.25, -0.2) is 0 Å². The molecule has 2 rings (SSSR count). The van der Waals surface area contributed by atoms with Crippen molar-refractivity contribution in [3.63, 3.8) is 0 Å². The molecule has 0 aromatic heterocycles. The summed E-state index contributed by atoms with van der Waals surface area (Å²) in [5.41, 5.74) is 1.17. The first-order valence-electron chi connectivity index (χ1n) is 5.97. The van der Waals surface area contributed by atoms with Gasteiger partial charge in [-0.1, -0.05) is 30.3 Å². The third-order valence-electron chi connectivity index (χ3n) is 2.85. The van der Waals surface area contributed by atoms with Gasteiger partial charge in [-0.2, -0.15) is 8.78 Å². The normalized spacial score (nSPS) is 12.2. The maximum atomic E-state index is 12.1. The highest BCUT2D eigenvalue weighted by Gasteiger charge is 2.15. The fraction of sp³-hybridized carbons (Fsp3) is 0.200. The Labute approximate surface area is 115 Å². The molecule has 0 saturated heterocycles. The number of rotatable bonds is 5. The molecule has 0 saturated carbocycles. The SMILES string of the molecule is COc1ccccc1C(O)c1ccc(OC(F)F)cc1. The van der Waals surface area contributed by atoms with Crippen molar-refractivity contribution >= 4 is 0 Å². The highest BCUT2D eigenvalue weighted by Crippen LogP contribution is 2.30. The van der Waals surface area contributed by atoms with E-state index in [9.17, 15) is 13.9 Å². The third kappa shape index (κ3) is 3.24. The second kappa shape index (κ2) is 6.34. The minimum absolute atomic E-state index is 0.0518. The van der Waals surface area contributed by atoms with E-state index >= 15 is 0 Å². The number of hydrogen-bond acceptors (Lipinski definition) is 3. The van der Waals surface area contributed by atoms with Gasteiger partial charge in [0, 0.05) is 5.56 Å². The number of hydrogen-bond donors (Lipinski definition) is 1. The zero-order valence-corrected chi connectivity index (χ0v) is 10.8. The Morgan fingerprint density at radius 2 is 1.65 bits per heavy atom. The molecule has 0 heterocycles. The van der Waals surface area contributed by atoms with E-state index in [2.05, 4.69) is 4.74 Å². The van der Waals surface area contributed by atoms with Gasteiger partial charge in [0.25, 0.3) is 0 Å². The molecule has 0 fully saturated rings. The fourth-order valence-corrected chi connectivity index (χ4v) is 1.90. The number of halogens is 2. The van der Waals surface area contributed by atoms with Gasteiger partial charge in [0.15, 0.2) is 0 Å². The fourth-order valence-electron chi connectivity index (χ4n) is 1.90. The lowest BCUT2D eigenvalue weighted by Gasteiger charge is -2.15. The topological polar surface area (TPSA) is 38.7 Å². The first-order chi connectivity index (χ1) is 9.61. The summed E-state index contributed by atoms with van der Waals surface area (Å²) in [6, 6.07) is 12.9. The van der Waals surface area contributed by atoms with Crippen molar-refractivity contribution in [2.75, 3.05) is 7.11 Å². The molecule has 2 aromatic carbocycles. The van der Waals surface area contributed by atoms with Crippen LogP contribution in [0.4, 0.5) is 8.78 Å². The lowest BCUT2D eigenvalue weighted by molar-refractivity contribution is -0.0498. The van der Waals surface area contributed by atoms with Gasteiger partial charge in [0.1, 0.15) is 17.6 Å². The summed E-state index contributed by atoms with van der Waals surface area (Å²) < 4.78 is 33.6. The van der Waals surface area contributed by atoms with Crippen LogP contribution >= 0.6 is 0 Å². The van der Waals surface area contributed by atoms with Crippen molar-refractivity contribution in [3.8, 4) is 11.5 Å². The van der Waals surface area contributed by atoms with Crippen molar-refractivity contribution in [1.29, 1.82) is 0 Å². The molecule has 3 nitrogen and oxygen atoms in total. The molecule has 0 spiro atoms. The van der Waals surface area contributed by atoms with Crippen LogP contribution in [0.1, 0.15) is 17.2 Å². The van der Waals surface area contributed by atoms with E-state index in [0.717, 1.165) is 0 Å². The Hall–Kier alpha value is -2.14. The molecule has 1 N–H and O–H groups in total.